The van der Waals surface area contributed by atoms with Gasteiger partial charge in [0.05, 0.1) is 5.69 Å². The van der Waals surface area contributed by atoms with Gasteiger partial charge in [0.1, 0.15) is 52.0 Å². The van der Waals surface area contributed by atoms with E-state index in [9.17, 15) is 0 Å². The summed E-state index contributed by atoms with van der Waals surface area (Å²) in [6.07, 6.45) is 23.8. The minimum Gasteiger partial charge on any atom is -0.370 e. The van der Waals surface area contributed by atoms with Crippen molar-refractivity contribution in [2.24, 2.45) is 0 Å². The fourth-order valence-electron chi connectivity index (χ4n) is 13.0. The summed E-state index contributed by atoms with van der Waals surface area (Å²) in [5.41, 5.74) is 21.5. The Balaban J connectivity index is 0.000000192. The second-order valence-electron chi connectivity index (χ2n) is 35.7. The lowest BCUT2D eigenvalue weighted by atomic mass is 9.84. The van der Waals surface area contributed by atoms with Gasteiger partial charge in [-0.15, -0.1) is 0 Å². The maximum atomic E-state index is 4.61. The van der Waals surface area contributed by atoms with Gasteiger partial charge >= 0.3 is 0 Å². The number of nitrogens with one attached hydrogen (secondary N) is 8. The Labute approximate surface area is 646 Å². The third-order valence-electron chi connectivity index (χ3n) is 18.6. The van der Waals surface area contributed by atoms with Crippen LogP contribution in [-0.4, -0.2) is 82.9 Å². The topological polar surface area (TPSA) is 231 Å². The fourth-order valence-corrected chi connectivity index (χ4v) is 13.0. The van der Waals surface area contributed by atoms with Crippen molar-refractivity contribution in [3.8, 4) is 0 Å². The summed E-state index contributed by atoms with van der Waals surface area (Å²) >= 11 is 0. The maximum Gasteiger partial charge on any atom is 0.140 e. The Bertz CT molecular complexity index is 4820. The zero-order chi connectivity index (χ0) is 76.7. The molecule has 0 saturated heterocycles. The van der Waals surface area contributed by atoms with E-state index in [0.29, 0.717) is 0 Å². The predicted octanol–water partition coefficient (Wildman–Crippen LogP) is 23.2. The van der Waals surface area contributed by atoms with Crippen LogP contribution in [0.4, 0.5) is 17.5 Å². The van der Waals surface area contributed by atoms with Crippen molar-refractivity contribution in [3.05, 3.63) is 227 Å². The van der Waals surface area contributed by atoms with Crippen molar-refractivity contribution in [1.29, 1.82) is 0 Å². The smallest absolute Gasteiger partial charge is 0.140 e. The molecule has 3 aliphatic heterocycles. The van der Waals surface area contributed by atoms with Crippen molar-refractivity contribution in [3.63, 3.8) is 0 Å². The van der Waals surface area contributed by atoms with Gasteiger partial charge in [-0.05, 0) is 158 Å². The summed E-state index contributed by atoms with van der Waals surface area (Å²) in [6, 6.07) is 29.3. The standard InChI is InChI=1S/C12H16N2.C11H16N2.2C11H14N2.C11H16N2.2C11H14N2.C10H13N3.3CH4/c1-8-7-9-10(12(2,3)4)5-6-13-11(9)14-8;3*1-11(2,3)9-5-7-13-10-8(9)4-6-12-10;2*1-11(2,3)9-5-4-8-6-7-12-10(8)13-9;1-11(2,3)9-7-13-10-8(9)5-4-6-12-10;1-10(2,3)8-7-4-5-11-9(7)13-6-12-8;;;/h5-6H,1,7H2,2-4H3,(H,13,14);5,7H,4,6H2,1-3H3,(H,12,13);2*4-7H,1-3H3,(H,12,13);4-5H,6-7H2,1-3H3,(H,12,13);2*4-7H,1-3H3,(H,12,13);4-6H,1-3H3,(H,11,12,13);3*1H4. The molecule has 8 N–H and O–H groups in total. The van der Waals surface area contributed by atoms with Gasteiger partial charge in [-0.2, -0.15) is 0 Å². The molecular formula is C91H129N17. The van der Waals surface area contributed by atoms with Crippen LogP contribution in [0.15, 0.2) is 166 Å². The molecule has 0 unspecified atom stereocenters. The van der Waals surface area contributed by atoms with E-state index < -0.39 is 0 Å². The summed E-state index contributed by atoms with van der Waals surface area (Å²) in [6.45, 7) is 58.9. The largest absolute Gasteiger partial charge is 0.370 e. The summed E-state index contributed by atoms with van der Waals surface area (Å²) in [7, 11) is 0. The molecule has 13 aromatic heterocycles. The SMILES string of the molecule is C.C.C.C=C1Cc2c(C(C)(C)C)ccnc2N1.CC(C)(C)c1c[nH]c2ncccc12.CC(C)(C)c1ccc2c(n1)NCC2.CC(C)(C)c1ccc2cc[nH]c2n1.CC(C)(C)c1ccnc2[nH]ccc12.CC(C)(C)c1ccnc2[nH]ccc12.CC(C)(C)c1ccnc2c1CCN2.CC(C)(C)c1ncnc2[nH]ccc12. The second kappa shape index (κ2) is 34.9. The van der Waals surface area contributed by atoms with Crippen LogP contribution in [0.5, 0.6) is 0 Å². The number of hydrogen-bond acceptors (Lipinski definition) is 12. The second-order valence-corrected chi connectivity index (χ2v) is 35.7. The van der Waals surface area contributed by atoms with Gasteiger partial charge in [-0.1, -0.05) is 201 Å². The van der Waals surface area contributed by atoms with Gasteiger partial charge < -0.3 is 40.9 Å². The molecule has 16 rings (SSSR count). The fraction of sp³-hybridized carbons (Fsp3) is 0.440. The Kier molecular flexibility index (Phi) is 28.1. The van der Waals surface area contributed by atoms with Gasteiger partial charge in [0.25, 0.3) is 0 Å². The molecule has 0 atom stereocenters. The van der Waals surface area contributed by atoms with Crippen LogP contribution in [-0.2, 0) is 62.6 Å². The minimum atomic E-state index is 0. The first-order valence-electron chi connectivity index (χ1n) is 37.0. The molecule has 0 aliphatic carbocycles. The number of aromatic nitrogens is 14. The highest BCUT2D eigenvalue weighted by atomic mass is 15.0. The molecule has 3 aliphatic rings. The molecule has 13 aromatic rings. The monoisotopic (exact) mass is 1460 g/mol. The van der Waals surface area contributed by atoms with Crippen LogP contribution in [0.25, 0.3) is 55.2 Å². The van der Waals surface area contributed by atoms with Crippen LogP contribution in [0.3, 0.4) is 0 Å². The summed E-state index contributed by atoms with van der Waals surface area (Å²) in [5.74, 6) is 3.17. The van der Waals surface area contributed by atoms with Crippen molar-refractivity contribution in [2.45, 2.75) is 251 Å². The Morgan fingerprint density at radius 1 is 0.333 bits per heavy atom. The van der Waals surface area contributed by atoms with Crippen molar-refractivity contribution in [1.82, 2.24) is 69.8 Å². The van der Waals surface area contributed by atoms with Crippen LogP contribution in [0, 0.1) is 0 Å². The first kappa shape index (κ1) is 86.9. The van der Waals surface area contributed by atoms with Crippen LogP contribution in [0.2, 0.25) is 0 Å². The lowest BCUT2D eigenvalue weighted by Crippen LogP contribution is -2.13. The van der Waals surface area contributed by atoms with Crippen LogP contribution in [0.1, 0.15) is 250 Å². The maximum absolute atomic E-state index is 4.61. The van der Waals surface area contributed by atoms with Gasteiger partial charge in [-0.25, -0.2) is 44.9 Å². The van der Waals surface area contributed by atoms with E-state index in [1.165, 1.54) is 71.7 Å². The van der Waals surface area contributed by atoms with E-state index in [1.807, 2.05) is 74.0 Å². The molecule has 17 nitrogen and oxygen atoms in total. The van der Waals surface area contributed by atoms with Crippen molar-refractivity contribution in [2.75, 3.05) is 29.0 Å². The van der Waals surface area contributed by atoms with Crippen molar-refractivity contribution < 1.29 is 0 Å². The van der Waals surface area contributed by atoms with E-state index >= 15 is 0 Å². The number of pyridine rings is 7. The van der Waals surface area contributed by atoms with Gasteiger partial charge in [0, 0.05) is 147 Å². The van der Waals surface area contributed by atoms with Gasteiger partial charge in [0.2, 0.25) is 0 Å². The first-order chi connectivity index (χ1) is 49.1. The summed E-state index contributed by atoms with van der Waals surface area (Å²) in [4.78, 5) is 54.7. The van der Waals surface area contributed by atoms with E-state index in [2.05, 4.69) is 331 Å². The first-order valence-corrected chi connectivity index (χ1v) is 37.0. The molecule has 16 heterocycles. The predicted molar refractivity (Wildman–Crippen MR) is 462 cm³/mol. The number of hydrogen-bond donors (Lipinski definition) is 8. The van der Waals surface area contributed by atoms with E-state index in [1.54, 1.807) is 6.33 Å². The summed E-state index contributed by atoms with van der Waals surface area (Å²) < 4.78 is 0. The zero-order valence-electron chi connectivity index (χ0n) is 67.2. The van der Waals surface area contributed by atoms with Crippen molar-refractivity contribution >= 4 is 72.6 Å². The normalized spacial score (nSPS) is 13.0. The highest BCUT2D eigenvalue weighted by Gasteiger charge is 2.27. The van der Waals surface area contributed by atoms with E-state index in [4.69, 9.17) is 0 Å². The molecule has 0 aromatic carbocycles. The quantitative estimate of drug-likeness (QED) is 0.0709. The number of nitrogens with zero attached hydrogens (tertiary/aromatic N) is 9. The number of allylic oxidation sites excluding steroid dienone is 1. The highest BCUT2D eigenvalue weighted by molar-refractivity contribution is 5.83. The average Bonchev–Trinajstić information content (AvgIpc) is 1.71. The lowest BCUT2D eigenvalue weighted by Gasteiger charge is -2.21. The number of rotatable bonds is 0. The van der Waals surface area contributed by atoms with Crippen LogP contribution < -0.4 is 16.0 Å². The minimum absolute atomic E-state index is 0. The Morgan fingerprint density at radius 3 is 1.31 bits per heavy atom. The Morgan fingerprint density at radius 2 is 0.769 bits per heavy atom. The van der Waals surface area contributed by atoms with Crippen LogP contribution >= 0.6 is 0 Å². The lowest BCUT2D eigenvalue weighted by molar-refractivity contribution is 0.569. The molecule has 0 spiro atoms. The molecule has 0 amide bonds. The highest BCUT2D eigenvalue weighted by Crippen LogP contribution is 2.37. The zero-order valence-corrected chi connectivity index (χ0v) is 67.2. The number of aromatic amines is 5. The van der Waals surface area contributed by atoms with E-state index in [-0.39, 0.29) is 65.6 Å². The Hall–Kier alpha value is -10.0. The average molecular weight is 1460 g/mol. The molecule has 0 saturated carbocycles. The molecule has 0 fully saturated rings. The van der Waals surface area contributed by atoms with E-state index in [0.717, 1.165) is 101 Å². The summed E-state index contributed by atoms with van der Waals surface area (Å²) in [5, 5.41) is 15.8. The number of H-pyrrole nitrogens is 5. The molecule has 0 bridgehead atoms. The molecular weight excluding hydrogens is 1330 g/mol. The van der Waals surface area contributed by atoms with Gasteiger partial charge in [0.15, 0.2) is 0 Å². The molecule has 0 radical (unpaired) electrons. The third-order valence-corrected chi connectivity index (χ3v) is 18.6. The van der Waals surface area contributed by atoms with Gasteiger partial charge in [-0.3, -0.25) is 0 Å². The number of anilines is 3. The molecule has 578 valence electrons. The number of fused-ring (bicyclic) bond motifs is 8. The molecule has 108 heavy (non-hydrogen) atoms. The molecule has 17 heteroatoms. The third kappa shape index (κ3) is 22.1.